The Bertz CT molecular complexity index is 367. The van der Waals surface area contributed by atoms with Gasteiger partial charge in [0.2, 0.25) is 5.91 Å². The quantitative estimate of drug-likeness (QED) is 0.846. The Hall–Kier alpha value is -1.30. The second-order valence-corrected chi connectivity index (χ2v) is 5.95. The van der Waals surface area contributed by atoms with Gasteiger partial charge in [0.25, 0.3) is 0 Å². The Kier molecular flexibility index (Phi) is 5.85. The lowest BCUT2D eigenvalue weighted by Crippen LogP contribution is -2.52. The van der Waals surface area contributed by atoms with E-state index in [9.17, 15) is 9.59 Å². The van der Waals surface area contributed by atoms with Crippen LogP contribution in [0.3, 0.4) is 0 Å². The van der Waals surface area contributed by atoms with Crippen molar-refractivity contribution in [3.05, 3.63) is 0 Å². The summed E-state index contributed by atoms with van der Waals surface area (Å²) in [7, 11) is 0. The van der Waals surface area contributed by atoms with Gasteiger partial charge in [0.1, 0.15) is 0 Å². The first-order chi connectivity index (χ1) is 10.1. The highest BCUT2D eigenvalue weighted by atomic mass is 16.6. The molecule has 0 bridgehead atoms. The van der Waals surface area contributed by atoms with Gasteiger partial charge in [-0.2, -0.15) is 0 Å². The van der Waals surface area contributed by atoms with E-state index in [0.29, 0.717) is 51.2 Å². The molecule has 6 heteroatoms. The lowest BCUT2D eigenvalue weighted by atomic mass is 9.90. The van der Waals surface area contributed by atoms with Crippen LogP contribution in [-0.4, -0.2) is 67.2 Å². The zero-order chi connectivity index (χ0) is 15.2. The monoisotopic (exact) mass is 297 g/mol. The summed E-state index contributed by atoms with van der Waals surface area (Å²) in [5.41, 5.74) is 0. The van der Waals surface area contributed by atoms with Gasteiger partial charge in [-0.15, -0.1) is 0 Å². The van der Waals surface area contributed by atoms with E-state index in [2.05, 4.69) is 12.2 Å². The Labute approximate surface area is 126 Å². The number of carbonyl (C=O) groups excluding carboxylic acids is 2. The van der Waals surface area contributed by atoms with Crippen molar-refractivity contribution in [1.29, 1.82) is 0 Å². The van der Waals surface area contributed by atoms with Crippen LogP contribution in [0.4, 0.5) is 4.79 Å². The van der Waals surface area contributed by atoms with E-state index >= 15 is 0 Å². The molecule has 21 heavy (non-hydrogen) atoms. The number of nitrogens with one attached hydrogen (secondary N) is 1. The predicted molar refractivity (Wildman–Crippen MR) is 80.0 cm³/mol. The summed E-state index contributed by atoms with van der Waals surface area (Å²) in [6.07, 6.45) is 2.69. The van der Waals surface area contributed by atoms with Crippen LogP contribution in [0.5, 0.6) is 0 Å². The molecule has 0 aliphatic carbocycles. The number of hydrogen-bond acceptors (Lipinski definition) is 4. The summed E-state index contributed by atoms with van der Waals surface area (Å²) < 4.78 is 4.99. The Morgan fingerprint density at radius 1 is 1.19 bits per heavy atom. The van der Waals surface area contributed by atoms with Crippen molar-refractivity contribution in [1.82, 2.24) is 15.1 Å². The summed E-state index contributed by atoms with van der Waals surface area (Å²) in [4.78, 5) is 27.5. The van der Waals surface area contributed by atoms with Crippen molar-refractivity contribution in [2.45, 2.75) is 39.2 Å². The van der Waals surface area contributed by atoms with Gasteiger partial charge in [-0.3, -0.25) is 4.79 Å². The Morgan fingerprint density at radius 3 is 2.48 bits per heavy atom. The van der Waals surface area contributed by atoms with Gasteiger partial charge < -0.3 is 19.9 Å². The van der Waals surface area contributed by atoms with Crippen LogP contribution in [0.2, 0.25) is 0 Å². The normalized spacial score (nSPS) is 26.6. The van der Waals surface area contributed by atoms with E-state index in [1.807, 2.05) is 4.90 Å². The number of nitrogens with zero attached hydrogens (tertiary/aromatic N) is 2. The third-order valence-corrected chi connectivity index (χ3v) is 4.48. The first kappa shape index (κ1) is 16.1. The lowest BCUT2D eigenvalue weighted by molar-refractivity contribution is -0.133. The van der Waals surface area contributed by atoms with E-state index in [0.717, 1.165) is 6.54 Å². The molecule has 0 aromatic carbocycles. The predicted octanol–water partition coefficient (Wildman–Crippen LogP) is 1.07. The van der Waals surface area contributed by atoms with Crippen molar-refractivity contribution in [2.75, 3.05) is 39.3 Å². The maximum Gasteiger partial charge on any atom is 0.409 e. The number of piperazine rings is 1. The molecule has 120 valence electrons. The highest BCUT2D eigenvalue weighted by Crippen LogP contribution is 2.19. The van der Waals surface area contributed by atoms with Crippen molar-refractivity contribution >= 4 is 12.0 Å². The fraction of sp³-hybridized carbons (Fsp3) is 0.867. The molecule has 2 heterocycles. The zero-order valence-corrected chi connectivity index (χ0v) is 13.1. The molecule has 0 spiro atoms. The van der Waals surface area contributed by atoms with Gasteiger partial charge in [0.15, 0.2) is 0 Å². The van der Waals surface area contributed by atoms with Gasteiger partial charge in [0.05, 0.1) is 6.61 Å². The lowest BCUT2D eigenvalue weighted by Gasteiger charge is -2.36. The first-order valence-electron chi connectivity index (χ1n) is 8.04. The van der Waals surface area contributed by atoms with Crippen LogP contribution in [0, 0.1) is 5.92 Å². The van der Waals surface area contributed by atoms with Crippen LogP contribution in [0.1, 0.15) is 33.1 Å². The first-order valence-corrected chi connectivity index (χ1v) is 8.04. The standard InChI is InChI=1S/C15H27N3O3/c1-3-21-15(20)18-9-7-17(8-10-18)14(19)11-13-12(2)5-4-6-16-13/h12-13,16H,3-11H2,1-2H3. The SMILES string of the molecule is CCOC(=O)N1CCN(C(=O)CC2NCCCC2C)CC1. The van der Waals surface area contributed by atoms with Crippen LogP contribution in [-0.2, 0) is 9.53 Å². The molecule has 2 unspecified atom stereocenters. The smallest absolute Gasteiger partial charge is 0.409 e. The van der Waals surface area contributed by atoms with E-state index < -0.39 is 0 Å². The van der Waals surface area contributed by atoms with Gasteiger partial charge in [-0.25, -0.2) is 4.79 Å². The maximum atomic E-state index is 12.4. The van der Waals surface area contributed by atoms with Gasteiger partial charge in [-0.05, 0) is 32.2 Å². The average Bonchev–Trinajstić information content (AvgIpc) is 2.50. The topological polar surface area (TPSA) is 61.9 Å². The summed E-state index contributed by atoms with van der Waals surface area (Å²) in [5, 5.41) is 3.45. The molecule has 0 saturated carbocycles. The van der Waals surface area contributed by atoms with E-state index in [1.165, 1.54) is 12.8 Å². The molecule has 0 aromatic rings. The summed E-state index contributed by atoms with van der Waals surface area (Å²) in [5.74, 6) is 0.758. The van der Waals surface area contributed by atoms with E-state index in [1.54, 1.807) is 11.8 Å². The van der Waals surface area contributed by atoms with Crippen molar-refractivity contribution in [3.63, 3.8) is 0 Å². The maximum absolute atomic E-state index is 12.4. The fourth-order valence-corrected chi connectivity index (χ4v) is 3.06. The molecule has 2 aliphatic rings. The third-order valence-electron chi connectivity index (χ3n) is 4.48. The van der Waals surface area contributed by atoms with E-state index in [-0.39, 0.29) is 12.0 Å². The molecule has 2 aliphatic heterocycles. The molecule has 2 rings (SSSR count). The van der Waals surface area contributed by atoms with Gasteiger partial charge in [-0.1, -0.05) is 6.92 Å². The van der Waals surface area contributed by atoms with Crippen molar-refractivity contribution < 1.29 is 14.3 Å². The van der Waals surface area contributed by atoms with Crippen LogP contribution in [0.25, 0.3) is 0 Å². The number of rotatable bonds is 3. The molecule has 1 N–H and O–H groups in total. The fourth-order valence-electron chi connectivity index (χ4n) is 3.06. The van der Waals surface area contributed by atoms with Crippen LogP contribution >= 0.6 is 0 Å². The number of carbonyl (C=O) groups is 2. The molecule has 2 amide bonds. The summed E-state index contributed by atoms with van der Waals surface area (Å²) in [6.45, 7) is 7.77. The minimum absolute atomic E-state index is 0.199. The Balaban J connectivity index is 1.76. The molecule has 0 aromatic heterocycles. The molecule has 2 saturated heterocycles. The highest BCUT2D eigenvalue weighted by Gasteiger charge is 2.28. The van der Waals surface area contributed by atoms with Crippen molar-refractivity contribution in [2.24, 2.45) is 5.92 Å². The van der Waals surface area contributed by atoms with Crippen LogP contribution in [0.15, 0.2) is 0 Å². The summed E-state index contributed by atoms with van der Waals surface area (Å²) in [6, 6.07) is 0.300. The minimum atomic E-state index is -0.271. The number of amides is 2. The molecule has 2 atom stereocenters. The minimum Gasteiger partial charge on any atom is -0.450 e. The molecular weight excluding hydrogens is 270 g/mol. The highest BCUT2D eigenvalue weighted by molar-refractivity contribution is 5.77. The van der Waals surface area contributed by atoms with Crippen LogP contribution < -0.4 is 5.32 Å². The number of hydrogen-bond donors (Lipinski definition) is 1. The second kappa shape index (κ2) is 7.64. The zero-order valence-electron chi connectivity index (χ0n) is 13.1. The van der Waals surface area contributed by atoms with Gasteiger partial charge in [0, 0.05) is 38.6 Å². The van der Waals surface area contributed by atoms with E-state index in [4.69, 9.17) is 4.74 Å². The number of piperidine rings is 1. The Morgan fingerprint density at radius 2 is 1.86 bits per heavy atom. The average molecular weight is 297 g/mol. The number of ether oxygens (including phenoxy) is 1. The largest absolute Gasteiger partial charge is 0.450 e. The van der Waals surface area contributed by atoms with Gasteiger partial charge >= 0.3 is 6.09 Å². The molecule has 2 fully saturated rings. The molecule has 0 radical (unpaired) electrons. The molecular formula is C15H27N3O3. The molecule has 6 nitrogen and oxygen atoms in total. The third kappa shape index (κ3) is 4.33. The van der Waals surface area contributed by atoms with Crippen molar-refractivity contribution in [3.8, 4) is 0 Å². The second-order valence-electron chi connectivity index (χ2n) is 5.95. The summed E-state index contributed by atoms with van der Waals surface area (Å²) >= 11 is 0.